The third-order valence-corrected chi connectivity index (χ3v) is 13.4. The van der Waals surface area contributed by atoms with Crippen molar-refractivity contribution in [3.8, 4) is 0 Å². The second kappa shape index (κ2) is 61.1. The molecule has 0 aliphatic heterocycles. The highest BCUT2D eigenvalue weighted by Gasteiger charge is 2.19. The molecular formula is C67H116O6. The second-order valence-corrected chi connectivity index (χ2v) is 20.6. The fraction of sp³-hybridized carbons (Fsp3) is 0.746. The minimum absolute atomic E-state index is 0.101. The van der Waals surface area contributed by atoms with Crippen molar-refractivity contribution in [2.24, 2.45) is 0 Å². The Morgan fingerprint density at radius 3 is 0.890 bits per heavy atom. The van der Waals surface area contributed by atoms with Crippen molar-refractivity contribution in [1.29, 1.82) is 0 Å². The van der Waals surface area contributed by atoms with Gasteiger partial charge in [-0.15, -0.1) is 0 Å². The minimum Gasteiger partial charge on any atom is -0.462 e. The summed E-state index contributed by atoms with van der Waals surface area (Å²) in [6.07, 6.45) is 80.2. The first-order valence-corrected chi connectivity index (χ1v) is 31.1. The molecule has 0 fully saturated rings. The second-order valence-electron chi connectivity index (χ2n) is 20.6. The van der Waals surface area contributed by atoms with Crippen LogP contribution in [0.2, 0.25) is 0 Å². The van der Waals surface area contributed by atoms with Gasteiger partial charge in [-0.05, 0) is 109 Å². The van der Waals surface area contributed by atoms with Gasteiger partial charge in [0.2, 0.25) is 0 Å². The molecule has 0 N–H and O–H groups in total. The molecule has 0 rings (SSSR count). The van der Waals surface area contributed by atoms with E-state index in [-0.39, 0.29) is 37.5 Å². The molecule has 0 aromatic rings. The Labute approximate surface area is 452 Å². The number of hydrogen-bond acceptors (Lipinski definition) is 6. The van der Waals surface area contributed by atoms with Gasteiger partial charge in [0.05, 0.1) is 0 Å². The molecule has 1 atom stereocenters. The summed E-state index contributed by atoms with van der Waals surface area (Å²) in [5.74, 6) is -0.956. The van der Waals surface area contributed by atoms with Gasteiger partial charge < -0.3 is 14.2 Å². The molecule has 0 aliphatic carbocycles. The van der Waals surface area contributed by atoms with Crippen molar-refractivity contribution in [3.05, 3.63) is 85.1 Å². The number of rotatable bonds is 56. The van der Waals surface area contributed by atoms with Gasteiger partial charge in [-0.3, -0.25) is 14.4 Å². The van der Waals surface area contributed by atoms with E-state index in [2.05, 4.69) is 106 Å². The fourth-order valence-electron chi connectivity index (χ4n) is 8.70. The average Bonchev–Trinajstić information content (AvgIpc) is 3.39. The van der Waals surface area contributed by atoms with Crippen LogP contribution in [0, 0.1) is 0 Å². The molecule has 0 radical (unpaired) electrons. The highest BCUT2D eigenvalue weighted by Crippen LogP contribution is 2.15. The number of carbonyl (C=O) groups excluding carboxylic acids is 3. The van der Waals surface area contributed by atoms with Gasteiger partial charge in [0.15, 0.2) is 6.10 Å². The van der Waals surface area contributed by atoms with E-state index in [9.17, 15) is 14.4 Å². The lowest BCUT2D eigenvalue weighted by Crippen LogP contribution is -2.30. The SMILES string of the molecule is CC/C=C\C/C=C\C/C=C\C/C=C\C/C=C\CCCC(=O)OC(COC(=O)CCCCCCCCC/C=C\CCCCCCCC)COC(=O)CCCCCCCCCCC/C=C\CCCCCCCCCC. The van der Waals surface area contributed by atoms with Crippen molar-refractivity contribution >= 4 is 17.9 Å². The summed E-state index contributed by atoms with van der Waals surface area (Å²) in [6, 6.07) is 0. The molecule has 0 aromatic heterocycles. The van der Waals surface area contributed by atoms with Gasteiger partial charge in [0.25, 0.3) is 0 Å². The molecule has 0 heterocycles. The van der Waals surface area contributed by atoms with Gasteiger partial charge in [0, 0.05) is 19.3 Å². The molecule has 0 spiro atoms. The molecule has 73 heavy (non-hydrogen) atoms. The zero-order chi connectivity index (χ0) is 52.9. The molecule has 0 aromatic carbocycles. The summed E-state index contributed by atoms with van der Waals surface area (Å²) in [6.45, 7) is 6.50. The van der Waals surface area contributed by atoms with E-state index in [1.807, 2.05) is 0 Å². The Balaban J connectivity index is 4.43. The van der Waals surface area contributed by atoms with E-state index in [0.29, 0.717) is 19.3 Å². The summed E-state index contributed by atoms with van der Waals surface area (Å²) < 4.78 is 16.9. The molecule has 0 bridgehead atoms. The zero-order valence-electron chi connectivity index (χ0n) is 48.1. The fourth-order valence-corrected chi connectivity index (χ4v) is 8.70. The van der Waals surface area contributed by atoms with Crippen LogP contribution in [0.25, 0.3) is 0 Å². The summed E-state index contributed by atoms with van der Waals surface area (Å²) in [5.41, 5.74) is 0. The lowest BCUT2D eigenvalue weighted by molar-refractivity contribution is -0.167. The van der Waals surface area contributed by atoms with Crippen LogP contribution >= 0.6 is 0 Å². The molecule has 0 saturated heterocycles. The topological polar surface area (TPSA) is 78.9 Å². The maximum Gasteiger partial charge on any atom is 0.306 e. The predicted octanol–water partition coefficient (Wildman–Crippen LogP) is 21.1. The van der Waals surface area contributed by atoms with Gasteiger partial charge >= 0.3 is 17.9 Å². The first-order chi connectivity index (χ1) is 36.0. The van der Waals surface area contributed by atoms with Crippen LogP contribution < -0.4 is 0 Å². The summed E-state index contributed by atoms with van der Waals surface area (Å²) in [5, 5.41) is 0. The number of ether oxygens (including phenoxy) is 3. The Morgan fingerprint density at radius 2 is 0.548 bits per heavy atom. The van der Waals surface area contributed by atoms with Crippen molar-refractivity contribution < 1.29 is 28.6 Å². The van der Waals surface area contributed by atoms with Gasteiger partial charge in [0.1, 0.15) is 13.2 Å². The van der Waals surface area contributed by atoms with E-state index in [4.69, 9.17) is 14.2 Å². The number of esters is 3. The Kier molecular flexibility index (Phi) is 58.3. The number of allylic oxidation sites excluding steroid dienone is 14. The predicted molar refractivity (Wildman–Crippen MR) is 316 cm³/mol. The quantitative estimate of drug-likeness (QED) is 0.0261. The molecule has 420 valence electrons. The highest BCUT2D eigenvalue weighted by atomic mass is 16.6. The lowest BCUT2D eigenvalue weighted by atomic mass is 10.1. The average molecular weight is 1020 g/mol. The zero-order valence-corrected chi connectivity index (χ0v) is 48.1. The van der Waals surface area contributed by atoms with Crippen LogP contribution in [-0.2, 0) is 28.6 Å². The third kappa shape index (κ3) is 59.3. The smallest absolute Gasteiger partial charge is 0.306 e. The summed E-state index contributed by atoms with van der Waals surface area (Å²) in [4.78, 5) is 38.3. The standard InChI is InChI=1S/C67H116O6/c1-4-7-10-13-16-19-22-25-28-31-32-33-34-37-39-42-45-48-51-54-57-60-66(69)72-63-64(73-67(70)61-58-55-52-49-46-43-40-36-30-27-24-21-18-15-12-9-6-3)62-71-65(68)59-56-53-50-47-44-41-38-35-29-26-23-20-17-14-11-8-5-2/h9,12,18,21,26-27,29-32,40,43,49,52,64H,4-8,10-11,13-17,19-20,22-25,28,33-39,41-42,44-48,50-51,53-63H2,1-3H3/b12-9-,21-18-,29-26-,30-27-,32-31-,43-40-,52-49-. The van der Waals surface area contributed by atoms with Gasteiger partial charge in [-0.25, -0.2) is 0 Å². The van der Waals surface area contributed by atoms with Gasteiger partial charge in [-0.1, -0.05) is 260 Å². The molecule has 0 saturated carbocycles. The van der Waals surface area contributed by atoms with Gasteiger partial charge in [-0.2, -0.15) is 0 Å². The van der Waals surface area contributed by atoms with Crippen LogP contribution in [0.3, 0.4) is 0 Å². The molecule has 0 amide bonds. The molecule has 6 heteroatoms. The largest absolute Gasteiger partial charge is 0.462 e. The van der Waals surface area contributed by atoms with E-state index in [1.54, 1.807) is 0 Å². The number of carbonyl (C=O) groups is 3. The highest BCUT2D eigenvalue weighted by molar-refractivity contribution is 5.71. The maximum absolute atomic E-state index is 12.9. The van der Waals surface area contributed by atoms with Crippen molar-refractivity contribution in [1.82, 2.24) is 0 Å². The van der Waals surface area contributed by atoms with E-state index in [1.165, 1.54) is 180 Å². The Bertz CT molecular complexity index is 1400. The van der Waals surface area contributed by atoms with E-state index < -0.39 is 6.10 Å². The lowest BCUT2D eigenvalue weighted by Gasteiger charge is -2.18. The monoisotopic (exact) mass is 1020 g/mol. The third-order valence-electron chi connectivity index (χ3n) is 13.4. The number of hydrogen-bond donors (Lipinski definition) is 0. The molecular weight excluding hydrogens is 901 g/mol. The van der Waals surface area contributed by atoms with Crippen LogP contribution in [0.1, 0.15) is 303 Å². The molecule has 0 aliphatic rings. The van der Waals surface area contributed by atoms with Crippen molar-refractivity contribution in [2.75, 3.05) is 13.2 Å². The summed E-state index contributed by atoms with van der Waals surface area (Å²) in [7, 11) is 0. The molecule has 1 unspecified atom stereocenters. The molecule has 6 nitrogen and oxygen atoms in total. The van der Waals surface area contributed by atoms with Crippen LogP contribution in [0.15, 0.2) is 85.1 Å². The van der Waals surface area contributed by atoms with Crippen LogP contribution in [0.5, 0.6) is 0 Å². The maximum atomic E-state index is 12.9. The number of unbranched alkanes of at least 4 members (excludes halogenated alkanes) is 31. The Morgan fingerprint density at radius 1 is 0.288 bits per heavy atom. The van der Waals surface area contributed by atoms with Crippen molar-refractivity contribution in [3.63, 3.8) is 0 Å². The first kappa shape index (κ1) is 69.6. The van der Waals surface area contributed by atoms with Crippen LogP contribution in [-0.4, -0.2) is 37.2 Å². The Hall–Kier alpha value is -3.41. The van der Waals surface area contributed by atoms with E-state index >= 15 is 0 Å². The minimum atomic E-state index is -0.810. The van der Waals surface area contributed by atoms with Crippen LogP contribution in [0.4, 0.5) is 0 Å². The van der Waals surface area contributed by atoms with Crippen molar-refractivity contribution in [2.45, 2.75) is 309 Å². The normalized spacial score (nSPS) is 12.6. The summed E-state index contributed by atoms with van der Waals surface area (Å²) >= 11 is 0. The van der Waals surface area contributed by atoms with E-state index in [0.717, 1.165) is 77.0 Å². The first-order valence-electron chi connectivity index (χ1n) is 31.1.